The number of rotatable bonds is 8. The SMILES string of the molecule is CCn1c(CNC(=O)[C@@H](NS(=O)(=O)c2ccccc2F)C(C)C)n[nH]c1=S. The molecule has 0 aliphatic heterocycles. The molecule has 2 aromatic rings. The number of nitrogens with one attached hydrogen (secondary N) is 3. The fourth-order valence-electron chi connectivity index (χ4n) is 2.47. The van der Waals surface area contributed by atoms with Crippen molar-refractivity contribution < 1.29 is 17.6 Å². The van der Waals surface area contributed by atoms with E-state index < -0.39 is 32.7 Å². The zero-order valence-electron chi connectivity index (χ0n) is 15.2. The molecule has 0 fully saturated rings. The van der Waals surface area contributed by atoms with Crippen molar-refractivity contribution in [3.05, 3.63) is 40.7 Å². The zero-order chi connectivity index (χ0) is 20.2. The molecule has 27 heavy (non-hydrogen) atoms. The Morgan fingerprint density at radius 1 is 1.37 bits per heavy atom. The van der Waals surface area contributed by atoms with Crippen molar-refractivity contribution in [2.24, 2.45) is 5.92 Å². The Labute approximate surface area is 162 Å². The van der Waals surface area contributed by atoms with E-state index >= 15 is 0 Å². The van der Waals surface area contributed by atoms with Gasteiger partial charge in [0.1, 0.15) is 16.8 Å². The van der Waals surface area contributed by atoms with Gasteiger partial charge in [0.25, 0.3) is 0 Å². The van der Waals surface area contributed by atoms with Crippen LogP contribution in [0.25, 0.3) is 0 Å². The summed E-state index contributed by atoms with van der Waals surface area (Å²) in [6.07, 6.45) is 0. The van der Waals surface area contributed by atoms with Gasteiger partial charge in [-0.2, -0.15) is 9.82 Å². The van der Waals surface area contributed by atoms with Gasteiger partial charge in [-0.25, -0.2) is 12.8 Å². The fourth-order valence-corrected chi connectivity index (χ4v) is 4.18. The number of benzene rings is 1. The van der Waals surface area contributed by atoms with E-state index in [9.17, 15) is 17.6 Å². The average Bonchev–Trinajstić information content (AvgIpc) is 2.97. The number of carbonyl (C=O) groups excluding carboxylic acids is 1. The molecule has 0 saturated carbocycles. The van der Waals surface area contributed by atoms with Crippen molar-refractivity contribution in [2.75, 3.05) is 0 Å². The number of hydrogen-bond donors (Lipinski definition) is 3. The number of aromatic nitrogens is 3. The second kappa shape index (κ2) is 8.72. The maximum absolute atomic E-state index is 13.8. The molecular weight excluding hydrogens is 393 g/mol. The molecule has 0 radical (unpaired) electrons. The maximum Gasteiger partial charge on any atom is 0.244 e. The minimum atomic E-state index is -4.20. The van der Waals surface area contributed by atoms with Gasteiger partial charge in [0.2, 0.25) is 15.9 Å². The van der Waals surface area contributed by atoms with E-state index in [1.165, 1.54) is 12.1 Å². The number of nitrogens with zero attached hydrogens (tertiary/aromatic N) is 2. The summed E-state index contributed by atoms with van der Waals surface area (Å²) >= 11 is 5.09. The van der Waals surface area contributed by atoms with Crippen molar-refractivity contribution in [3.8, 4) is 0 Å². The highest BCUT2D eigenvalue weighted by Crippen LogP contribution is 2.15. The van der Waals surface area contributed by atoms with E-state index in [4.69, 9.17) is 12.2 Å². The van der Waals surface area contributed by atoms with Crippen molar-refractivity contribution in [1.82, 2.24) is 24.8 Å². The van der Waals surface area contributed by atoms with E-state index in [1.54, 1.807) is 18.4 Å². The van der Waals surface area contributed by atoms with Gasteiger partial charge in [0.15, 0.2) is 10.6 Å². The number of H-pyrrole nitrogens is 1. The lowest BCUT2D eigenvalue weighted by molar-refractivity contribution is -0.123. The molecule has 0 unspecified atom stereocenters. The van der Waals surface area contributed by atoms with Crippen LogP contribution in [0.4, 0.5) is 4.39 Å². The Morgan fingerprint density at radius 2 is 2.04 bits per heavy atom. The summed E-state index contributed by atoms with van der Waals surface area (Å²) in [5.41, 5.74) is 0. The Kier molecular flexibility index (Phi) is 6.84. The summed E-state index contributed by atoms with van der Waals surface area (Å²) in [4.78, 5) is 12.0. The second-order valence-corrected chi connectivity index (χ2v) is 8.25. The highest BCUT2D eigenvalue weighted by Gasteiger charge is 2.29. The Balaban J connectivity index is 2.16. The van der Waals surface area contributed by atoms with Gasteiger partial charge in [-0.3, -0.25) is 9.89 Å². The molecule has 0 aliphatic carbocycles. The van der Waals surface area contributed by atoms with Crippen molar-refractivity contribution >= 4 is 28.1 Å². The van der Waals surface area contributed by atoms with Crippen LogP contribution in [0.1, 0.15) is 26.6 Å². The largest absolute Gasteiger partial charge is 0.347 e. The Hall–Kier alpha value is -2.11. The summed E-state index contributed by atoms with van der Waals surface area (Å²) in [6, 6.07) is 3.92. The van der Waals surface area contributed by atoms with Gasteiger partial charge in [-0.1, -0.05) is 26.0 Å². The molecule has 11 heteroatoms. The third-order valence-electron chi connectivity index (χ3n) is 3.93. The normalized spacial score (nSPS) is 12.9. The molecule has 1 aromatic carbocycles. The first-order valence-electron chi connectivity index (χ1n) is 8.36. The molecule has 8 nitrogen and oxygen atoms in total. The quantitative estimate of drug-likeness (QED) is 0.569. The molecular formula is C16H22FN5O3S2. The van der Waals surface area contributed by atoms with Gasteiger partial charge in [-0.05, 0) is 37.2 Å². The van der Waals surface area contributed by atoms with E-state index in [1.807, 2.05) is 6.92 Å². The van der Waals surface area contributed by atoms with E-state index in [2.05, 4.69) is 20.2 Å². The van der Waals surface area contributed by atoms with Crippen LogP contribution < -0.4 is 10.0 Å². The highest BCUT2D eigenvalue weighted by atomic mass is 32.2. The maximum atomic E-state index is 13.8. The molecule has 0 saturated heterocycles. The smallest absolute Gasteiger partial charge is 0.244 e. The van der Waals surface area contributed by atoms with E-state index in [0.29, 0.717) is 17.1 Å². The molecule has 1 heterocycles. The predicted octanol–water partition coefficient (Wildman–Crippen LogP) is 1.72. The Morgan fingerprint density at radius 3 is 2.63 bits per heavy atom. The lowest BCUT2D eigenvalue weighted by Gasteiger charge is -2.21. The first-order chi connectivity index (χ1) is 12.7. The van der Waals surface area contributed by atoms with Crippen LogP contribution in [0, 0.1) is 16.5 Å². The summed E-state index contributed by atoms with van der Waals surface area (Å²) < 4.78 is 43.2. The van der Waals surface area contributed by atoms with Crippen molar-refractivity contribution in [2.45, 2.75) is 44.8 Å². The molecule has 1 amide bonds. The van der Waals surface area contributed by atoms with E-state index in [0.717, 1.165) is 12.1 Å². The number of halogens is 1. The summed E-state index contributed by atoms with van der Waals surface area (Å²) in [5, 5.41) is 9.33. The second-order valence-electron chi connectivity index (χ2n) is 6.18. The number of hydrogen-bond acceptors (Lipinski definition) is 5. The van der Waals surface area contributed by atoms with Gasteiger partial charge in [0, 0.05) is 6.54 Å². The predicted molar refractivity (Wildman–Crippen MR) is 100 cm³/mol. The summed E-state index contributed by atoms with van der Waals surface area (Å²) in [6.45, 7) is 5.92. The molecule has 1 atom stereocenters. The molecule has 0 bridgehead atoms. The van der Waals surface area contributed by atoms with Crippen LogP contribution in [-0.2, 0) is 27.9 Å². The monoisotopic (exact) mass is 415 g/mol. The molecule has 0 spiro atoms. The van der Waals surface area contributed by atoms with Crippen LogP contribution in [0.3, 0.4) is 0 Å². The molecule has 148 valence electrons. The van der Waals surface area contributed by atoms with Crippen LogP contribution in [0.15, 0.2) is 29.2 Å². The third-order valence-corrected chi connectivity index (χ3v) is 5.72. The van der Waals surface area contributed by atoms with Gasteiger partial charge in [0.05, 0.1) is 6.54 Å². The minimum Gasteiger partial charge on any atom is -0.347 e. The van der Waals surface area contributed by atoms with Crippen molar-refractivity contribution in [1.29, 1.82) is 0 Å². The molecule has 3 N–H and O–H groups in total. The average molecular weight is 416 g/mol. The zero-order valence-corrected chi connectivity index (χ0v) is 16.8. The first kappa shape index (κ1) is 21.2. The third kappa shape index (κ3) is 4.99. The van der Waals surface area contributed by atoms with Crippen molar-refractivity contribution in [3.63, 3.8) is 0 Å². The highest BCUT2D eigenvalue weighted by molar-refractivity contribution is 7.89. The number of sulfonamides is 1. The van der Waals surface area contributed by atoms with Crippen LogP contribution in [-0.4, -0.2) is 35.1 Å². The number of amides is 1. The summed E-state index contributed by atoms with van der Waals surface area (Å²) in [7, 11) is -4.20. The summed E-state index contributed by atoms with van der Waals surface area (Å²) in [5.74, 6) is -1.26. The minimum absolute atomic E-state index is 0.0739. The number of aromatic amines is 1. The standard InChI is InChI=1S/C16H22FN5O3S2/c1-4-22-13(19-20-16(22)26)9-18-15(23)14(10(2)3)21-27(24,25)12-8-6-5-7-11(12)17/h5-8,10,14,21H,4,9H2,1-3H3,(H,18,23)(H,20,26)/t14-/m0/s1. The number of carbonyl (C=O) groups is 1. The van der Waals surface area contributed by atoms with Crippen LogP contribution in [0.5, 0.6) is 0 Å². The topological polar surface area (TPSA) is 109 Å². The van der Waals surface area contributed by atoms with E-state index in [-0.39, 0.29) is 12.5 Å². The van der Waals surface area contributed by atoms with Gasteiger partial charge >= 0.3 is 0 Å². The van der Waals surface area contributed by atoms with Crippen LogP contribution in [0.2, 0.25) is 0 Å². The van der Waals surface area contributed by atoms with Crippen LogP contribution >= 0.6 is 12.2 Å². The molecule has 1 aromatic heterocycles. The molecule has 0 aliphatic rings. The lowest BCUT2D eigenvalue weighted by atomic mass is 10.1. The first-order valence-corrected chi connectivity index (χ1v) is 10.2. The Bertz CT molecular complexity index is 968. The lowest BCUT2D eigenvalue weighted by Crippen LogP contribution is -2.49. The molecule has 2 rings (SSSR count). The van der Waals surface area contributed by atoms with Gasteiger partial charge in [-0.15, -0.1) is 0 Å². The fraction of sp³-hybridized carbons (Fsp3) is 0.438. The van der Waals surface area contributed by atoms with Gasteiger partial charge < -0.3 is 9.88 Å².